The van der Waals surface area contributed by atoms with Crippen LogP contribution >= 0.6 is 0 Å². The predicted octanol–water partition coefficient (Wildman–Crippen LogP) is -0.556. The highest BCUT2D eigenvalue weighted by atomic mass is 16.3. The number of carbonyl (C=O) groups excluding carboxylic acids is 3. The number of nitrogens with two attached hydrogens (primary N) is 1. The Labute approximate surface area is 189 Å². The number of hydrogen-bond acceptors (Lipinski definition) is 6. The van der Waals surface area contributed by atoms with Gasteiger partial charge in [-0.15, -0.1) is 0 Å². The van der Waals surface area contributed by atoms with Crippen LogP contribution in [-0.4, -0.2) is 65.4 Å². The van der Waals surface area contributed by atoms with Gasteiger partial charge in [-0.3, -0.25) is 24.4 Å². The highest BCUT2D eigenvalue weighted by Crippen LogP contribution is 2.11. The molecule has 0 saturated carbocycles. The summed E-state index contributed by atoms with van der Waals surface area (Å²) in [5.41, 5.74) is 10.8. The second-order valence-corrected chi connectivity index (χ2v) is 7.73. The number of nitrogens with zero attached hydrogens (tertiary/aromatic N) is 2. The van der Waals surface area contributed by atoms with Crippen molar-refractivity contribution in [2.45, 2.75) is 58.2 Å². The van der Waals surface area contributed by atoms with E-state index in [1.165, 1.54) is 18.9 Å². The average molecular weight is 439 g/mol. The van der Waals surface area contributed by atoms with Crippen molar-refractivity contribution in [3.05, 3.63) is 36.0 Å². The number of hydrazine groups is 1. The van der Waals surface area contributed by atoms with Crippen molar-refractivity contribution in [1.82, 2.24) is 20.7 Å². The van der Waals surface area contributed by atoms with Crippen molar-refractivity contribution >= 4 is 41.9 Å². The number of fused-ring (bicyclic) bond motifs is 1. The number of primary amides is 1. The van der Waals surface area contributed by atoms with Gasteiger partial charge in [0.1, 0.15) is 26.0 Å². The van der Waals surface area contributed by atoms with Crippen LogP contribution in [0.5, 0.6) is 0 Å². The van der Waals surface area contributed by atoms with E-state index in [1.54, 1.807) is 0 Å². The van der Waals surface area contributed by atoms with Gasteiger partial charge in [0.15, 0.2) is 0 Å². The summed E-state index contributed by atoms with van der Waals surface area (Å²) < 4.78 is 0. The van der Waals surface area contributed by atoms with Gasteiger partial charge in [-0.1, -0.05) is 30.6 Å². The number of aromatic nitrogens is 1. The summed E-state index contributed by atoms with van der Waals surface area (Å²) in [6.07, 6.45) is 1.02. The first kappa shape index (κ1) is 25.3. The number of benzene rings is 1. The van der Waals surface area contributed by atoms with Gasteiger partial charge in [0.2, 0.25) is 11.8 Å². The number of aliphatic hydroxyl groups excluding tert-OH is 1. The molecule has 3 amide bonds. The number of pyridine rings is 1. The summed E-state index contributed by atoms with van der Waals surface area (Å²) in [7, 11) is 5.68. The van der Waals surface area contributed by atoms with Crippen LogP contribution in [0.3, 0.4) is 0 Å². The van der Waals surface area contributed by atoms with Crippen LogP contribution < -0.4 is 21.9 Å². The maximum absolute atomic E-state index is 12.0. The van der Waals surface area contributed by atoms with E-state index in [1.807, 2.05) is 18.2 Å². The van der Waals surface area contributed by atoms with Crippen LogP contribution in [0.4, 0.5) is 0 Å². The van der Waals surface area contributed by atoms with Crippen molar-refractivity contribution in [3.8, 4) is 0 Å². The molecule has 10 heteroatoms. The minimum Gasteiger partial charge on any atom is -0.384 e. The van der Waals surface area contributed by atoms with E-state index in [4.69, 9.17) is 18.7 Å². The van der Waals surface area contributed by atoms with Crippen LogP contribution in [0.15, 0.2) is 30.3 Å². The summed E-state index contributed by atoms with van der Waals surface area (Å²) in [5, 5.41) is 13.9. The largest absolute Gasteiger partial charge is 0.384 e. The highest BCUT2D eigenvalue weighted by Gasteiger charge is 2.29. The van der Waals surface area contributed by atoms with E-state index in [-0.39, 0.29) is 5.91 Å². The molecule has 0 aliphatic carbocycles. The Balaban J connectivity index is 0.000000242. The van der Waals surface area contributed by atoms with Crippen LogP contribution in [0.1, 0.15) is 39.3 Å². The molecule has 9 nitrogen and oxygen atoms in total. The maximum atomic E-state index is 12.0. The van der Waals surface area contributed by atoms with E-state index >= 15 is 0 Å². The Bertz CT molecular complexity index is 968. The molecule has 1 aromatic heterocycles. The zero-order valence-electron chi connectivity index (χ0n) is 18.7. The smallest absolute Gasteiger partial charge is 0.258 e. The minimum atomic E-state index is -1.18. The molecule has 3 atom stereocenters. The third kappa shape index (κ3) is 7.03. The number of aryl methyl sites for hydroxylation is 1. The van der Waals surface area contributed by atoms with Crippen molar-refractivity contribution in [1.29, 1.82) is 0 Å². The molecule has 3 unspecified atom stereocenters. The summed E-state index contributed by atoms with van der Waals surface area (Å²) >= 11 is 0. The highest BCUT2D eigenvalue weighted by molar-refractivity contribution is 6.33. The van der Waals surface area contributed by atoms with Crippen molar-refractivity contribution < 1.29 is 19.5 Å². The number of nitrogens with one attached hydrogen (secondary N) is 2. The molecule has 1 aliphatic rings. The van der Waals surface area contributed by atoms with Crippen LogP contribution in [0, 0.1) is 0 Å². The standard InChI is InChI=1S/C11H10BN.C11H20N4O4/c1-2-10-6-4-8-3-5-9(12)7-11(8)13-10;1-6(13-10(18)7(2)16)11(19)15-5-3-4-8(14-15)9(12)17/h3-7H,2H2,1H3;6-8,14,16H,3-5H2,1-2H3,(H2,12,17)(H,13,18). The fraction of sp³-hybridized carbons (Fsp3) is 0.455. The normalized spacial score (nSPS) is 17.6. The average Bonchev–Trinajstić information content (AvgIpc) is 2.78. The van der Waals surface area contributed by atoms with Gasteiger partial charge in [0.05, 0.1) is 5.52 Å². The SMILES string of the molecule is CC(O)C(=O)NC(C)C(=O)N1CCCC(C(N)=O)N1.[B]c1ccc2ccc(CC)nc2c1. The van der Waals surface area contributed by atoms with Gasteiger partial charge >= 0.3 is 0 Å². The first-order chi connectivity index (χ1) is 15.1. The first-order valence-corrected chi connectivity index (χ1v) is 10.6. The summed E-state index contributed by atoms with van der Waals surface area (Å²) in [6, 6.07) is 8.58. The zero-order chi connectivity index (χ0) is 23.8. The van der Waals surface area contributed by atoms with Gasteiger partial charge in [0, 0.05) is 17.6 Å². The van der Waals surface area contributed by atoms with E-state index < -0.39 is 30.0 Å². The quantitative estimate of drug-likeness (QED) is 0.461. The third-order valence-electron chi connectivity index (χ3n) is 5.04. The van der Waals surface area contributed by atoms with Gasteiger partial charge in [0.25, 0.3) is 5.91 Å². The molecule has 170 valence electrons. The molecule has 2 aromatic rings. The van der Waals surface area contributed by atoms with E-state index in [0.717, 1.165) is 28.5 Å². The molecule has 1 aromatic carbocycles. The Morgan fingerprint density at radius 1 is 1.31 bits per heavy atom. The Morgan fingerprint density at radius 2 is 2.00 bits per heavy atom. The minimum absolute atomic E-state index is 0.375. The Morgan fingerprint density at radius 3 is 2.62 bits per heavy atom. The van der Waals surface area contributed by atoms with E-state index in [9.17, 15) is 14.4 Å². The number of aliphatic hydroxyl groups is 1. The van der Waals surface area contributed by atoms with Gasteiger partial charge in [-0.25, -0.2) is 5.43 Å². The maximum Gasteiger partial charge on any atom is 0.258 e. The predicted molar refractivity (Wildman–Crippen MR) is 123 cm³/mol. The summed E-state index contributed by atoms with van der Waals surface area (Å²) in [5.74, 6) is -1.51. The lowest BCUT2D eigenvalue weighted by Gasteiger charge is -2.34. The topological polar surface area (TPSA) is 138 Å². The van der Waals surface area contributed by atoms with Crippen LogP contribution in [0.25, 0.3) is 10.9 Å². The monoisotopic (exact) mass is 439 g/mol. The van der Waals surface area contributed by atoms with Gasteiger partial charge in [-0.05, 0) is 45.2 Å². The van der Waals surface area contributed by atoms with Crippen LogP contribution in [0.2, 0.25) is 0 Å². The molecule has 1 saturated heterocycles. The number of amides is 3. The third-order valence-corrected chi connectivity index (χ3v) is 5.04. The number of carbonyl (C=O) groups is 3. The lowest BCUT2D eigenvalue weighted by molar-refractivity contribution is -0.143. The molecular formula is C22H30BN5O4. The van der Waals surface area contributed by atoms with Gasteiger partial charge < -0.3 is 16.2 Å². The van der Waals surface area contributed by atoms with Crippen LogP contribution in [-0.2, 0) is 20.8 Å². The molecule has 3 rings (SSSR count). The molecule has 0 bridgehead atoms. The van der Waals surface area contributed by atoms with E-state index in [2.05, 4.69) is 34.8 Å². The van der Waals surface area contributed by atoms with Crippen molar-refractivity contribution in [2.75, 3.05) is 6.54 Å². The molecule has 1 fully saturated rings. The lowest BCUT2D eigenvalue weighted by atomic mass is 9.95. The van der Waals surface area contributed by atoms with Crippen molar-refractivity contribution in [2.24, 2.45) is 5.73 Å². The van der Waals surface area contributed by atoms with E-state index in [0.29, 0.717) is 19.4 Å². The first-order valence-electron chi connectivity index (χ1n) is 10.6. The Hall–Kier alpha value is -2.98. The molecule has 32 heavy (non-hydrogen) atoms. The fourth-order valence-corrected chi connectivity index (χ4v) is 3.15. The fourth-order valence-electron chi connectivity index (χ4n) is 3.15. The zero-order valence-corrected chi connectivity index (χ0v) is 18.7. The number of rotatable bonds is 5. The lowest BCUT2D eigenvalue weighted by Crippen LogP contribution is -2.60. The summed E-state index contributed by atoms with van der Waals surface area (Å²) in [6.45, 7) is 5.37. The molecule has 1 aliphatic heterocycles. The molecule has 0 spiro atoms. The molecular weight excluding hydrogens is 409 g/mol. The molecule has 5 N–H and O–H groups in total. The summed E-state index contributed by atoms with van der Waals surface area (Å²) in [4.78, 5) is 38.9. The molecule has 2 radical (unpaired) electrons. The number of hydrogen-bond donors (Lipinski definition) is 4. The second kappa shape index (κ2) is 11.6. The Kier molecular flexibility index (Phi) is 9.16. The second-order valence-electron chi connectivity index (χ2n) is 7.73. The molecule has 2 heterocycles. The van der Waals surface area contributed by atoms with Gasteiger partial charge in [-0.2, -0.15) is 0 Å². The van der Waals surface area contributed by atoms with Crippen molar-refractivity contribution in [3.63, 3.8) is 0 Å².